The van der Waals surface area contributed by atoms with Crippen LogP contribution >= 0.6 is 0 Å². The van der Waals surface area contributed by atoms with Gasteiger partial charge in [-0.3, -0.25) is 0 Å². The van der Waals surface area contributed by atoms with E-state index in [1.807, 2.05) is 0 Å². The van der Waals surface area contributed by atoms with Gasteiger partial charge in [-0.15, -0.1) is 4.90 Å². The number of carbonyl (C=O) groups excluding carboxylic acids is 2. The van der Waals surface area contributed by atoms with Gasteiger partial charge in [0.05, 0.1) is 7.11 Å². The number of nitrogens with zero attached hydrogens (tertiary/aromatic N) is 1. The fraction of sp³-hybridized carbons (Fsp3) is 0.150. The summed E-state index contributed by atoms with van der Waals surface area (Å²) in [5.74, 6) is -3.05. The Morgan fingerprint density at radius 2 is 1.79 bits per heavy atom. The van der Waals surface area contributed by atoms with Crippen molar-refractivity contribution < 1.29 is 32.5 Å². The highest BCUT2D eigenvalue weighted by Crippen LogP contribution is 2.32. The molecule has 3 N–H and O–H groups in total. The van der Waals surface area contributed by atoms with Gasteiger partial charge in [-0.2, -0.15) is 0 Å². The van der Waals surface area contributed by atoms with Gasteiger partial charge >= 0.3 is 12.0 Å². The SMILES string of the molecule is COC(=O)c1ccc(N(C(N)=O)C2=C(F)CCC=C2F)[nH+]c1-c1ccc(F)cc1. The Kier molecular flexibility index (Phi) is 5.67. The number of carbonyl (C=O) groups is 2. The number of hydrogen-bond donors (Lipinski definition) is 1. The average molecular weight is 404 g/mol. The van der Waals surface area contributed by atoms with Gasteiger partial charge in [0.25, 0.3) is 5.82 Å². The minimum absolute atomic E-state index is 0.0707. The van der Waals surface area contributed by atoms with Crippen molar-refractivity contribution in [2.75, 3.05) is 12.0 Å². The van der Waals surface area contributed by atoms with Crippen LogP contribution in [0.25, 0.3) is 11.3 Å². The monoisotopic (exact) mass is 404 g/mol. The second-order valence-corrected chi connectivity index (χ2v) is 6.15. The minimum Gasteiger partial charge on any atom is -0.465 e. The number of H-pyrrole nitrogens is 1. The lowest BCUT2D eigenvalue weighted by Gasteiger charge is -2.18. The topological polar surface area (TPSA) is 86.8 Å². The summed E-state index contributed by atoms with van der Waals surface area (Å²) in [5.41, 5.74) is 5.39. The number of nitrogens with one attached hydrogen (secondary N) is 1. The van der Waals surface area contributed by atoms with E-state index in [4.69, 9.17) is 10.5 Å². The molecule has 150 valence electrons. The molecule has 9 heteroatoms. The van der Waals surface area contributed by atoms with E-state index in [-0.39, 0.29) is 29.9 Å². The highest BCUT2D eigenvalue weighted by Gasteiger charge is 2.36. The van der Waals surface area contributed by atoms with E-state index in [9.17, 15) is 22.8 Å². The largest absolute Gasteiger partial charge is 0.465 e. The van der Waals surface area contributed by atoms with Crippen molar-refractivity contribution in [3.63, 3.8) is 0 Å². The molecule has 2 amide bonds. The highest BCUT2D eigenvalue weighted by atomic mass is 19.1. The van der Waals surface area contributed by atoms with E-state index >= 15 is 0 Å². The van der Waals surface area contributed by atoms with Crippen LogP contribution in [0.3, 0.4) is 0 Å². The van der Waals surface area contributed by atoms with E-state index in [1.54, 1.807) is 0 Å². The molecule has 1 aromatic heterocycles. The number of methoxy groups -OCH3 is 1. The molecule has 0 unspecified atom stereocenters. The molecule has 1 aromatic carbocycles. The molecule has 0 fully saturated rings. The third-order valence-electron chi connectivity index (χ3n) is 4.32. The number of halogens is 3. The fourth-order valence-electron chi connectivity index (χ4n) is 2.99. The number of aromatic nitrogens is 1. The van der Waals surface area contributed by atoms with Crippen LogP contribution in [0, 0.1) is 5.82 Å². The zero-order valence-corrected chi connectivity index (χ0v) is 15.3. The molecule has 0 atom stereocenters. The maximum atomic E-state index is 14.3. The van der Waals surface area contributed by atoms with E-state index in [0.29, 0.717) is 10.5 Å². The van der Waals surface area contributed by atoms with Gasteiger partial charge < -0.3 is 10.5 Å². The number of amides is 2. The summed E-state index contributed by atoms with van der Waals surface area (Å²) in [5, 5.41) is 0. The third kappa shape index (κ3) is 3.98. The molecule has 3 rings (SSSR count). The number of urea groups is 1. The first-order chi connectivity index (χ1) is 13.8. The Bertz CT molecular complexity index is 1030. The summed E-state index contributed by atoms with van der Waals surface area (Å²) < 4.78 is 46.7. The zero-order chi connectivity index (χ0) is 21.1. The van der Waals surface area contributed by atoms with Gasteiger partial charge in [0.2, 0.25) is 5.70 Å². The Labute approximate surface area is 164 Å². The number of aromatic amines is 1. The van der Waals surface area contributed by atoms with Crippen LogP contribution < -0.4 is 15.6 Å². The van der Waals surface area contributed by atoms with Crippen LogP contribution in [0.15, 0.2) is 59.8 Å². The lowest BCUT2D eigenvalue weighted by molar-refractivity contribution is -0.349. The van der Waals surface area contributed by atoms with Gasteiger partial charge in [0.15, 0.2) is 11.7 Å². The summed E-state index contributed by atoms with van der Waals surface area (Å²) in [6.45, 7) is 0. The van der Waals surface area contributed by atoms with E-state index < -0.39 is 35.2 Å². The molecule has 0 saturated heterocycles. The highest BCUT2D eigenvalue weighted by molar-refractivity contribution is 5.97. The fourth-order valence-corrected chi connectivity index (χ4v) is 2.99. The number of hydrogen-bond acceptors (Lipinski definition) is 3. The number of primary amides is 1. The quantitative estimate of drug-likeness (QED) is 0.787. The first-order valence-corrected chi connectivity index (χ1v) is 8.58. The van der Waals surface area contributed by atoms with Gasteiger partial charge in [0, 0.05) is 18.1 Å². The van der Waals surface area contributed by atoms with E-state index in [0.717, 1.165) is 6.08 Å². The lowest BCUT2D eigenvalue weighted by atomic mass is 10.0. The number of esters is 1. The number of pyridine rings is 1. The number of anilines is 1. The Hall–Kier alpha value is -3.62. The smallest absolute Gasteiger partial charge is 0.411 e. The third-order valence-corrected chi connectivity index (χ3v) is 4.32. The predicted octanol–water partition coefficient (Wildman–Crippen LogP) is 3.81. The number of allylic oxidation sites excluding steroid dienone is 3. The van der Waals surface area contributed by atoms with Gasteiger partial charge in [-0.05, 0) is 42.8 Å². The zero-order valence-electron chi connectivity index (χ0n) is 15.3. The molecule has 0 spiro atoms. The maximum absolute atomic E-state index is 14.3. The normalized spacial score (nSPS) is 13.7. The second-order valence-electron chi connectivity index (χ2n) is 6.15. The molecule has 0 radical (unpaired) electrons. The Morgan fingerprint density at radius 3 is 2.38 bits per heavy atom. The second kappa shape index (κ2) is 8.17. The Morgan fingerprint density at radius 1 is 1.10 bits per heavy atom. The maximum Gasteiger partial charge on any atom is 0.411 e. The standard InChI is InChI=1S/C20H16F3N3O3/c1-29-19(27)13-9-10-16(25-17(13)11-5-7-12(21)8-6-11)26(20(24)28)18-14(22)3-2-4-15(18)23/h3,5-10H,2,4H2,1H3,(H2,24,28)/p+1. The summed E-state index contributed by atoms with van der Waals surface area (Å²) in [6.07, 6.45) is 1.22. The molecule has 2 aromatic rings. The van der Waals surface area contributed by atoms with Crippen molar-refractivity contribution in [2.24, 2.45) is 5.73 Å². The average Bonchev–Trinajstić information content (AvgIpc) is 2.70. The van der Waals surface area contributed by atoms with E-state index in [2.05, 4.69) is 4.98 Å². The molecular formula is C20H17F3N3O3+. The first-order valence-electron chi connectivity index (χ1n) is 8.58. The number of ether oxygens (including phenoxy) is 1. The minimum atomic E-state index is -1.13. The molecule has 1 aliphatic carbocycles. The molecule has 1 aliphatic rings. The molecule has 29 heavy (non-hydrogen) atoms. The first kappa shape index (κ1) is 20.1. The van der Waals surface area contributed by atoms with Crippen molar-refractivity contribution >= 4 is 17.8 Å². The van der Waals surface area contributed by atoms with Crippen LogP contribution in [0.2, 0.25) is 0 Å². The van der Waals surface area contributed by atoms with Crippen molar-refractivity contribution in [1.82, 2.24) is 0 Å². The molecule has 1 heterocycles. The number of nitrogens with two attached hydrogens (primary N) is 1. The van der Waals surface area contributed by atoms with Crippen LogP contribution in [0.5, 0.6) is 0 Å². The summed E-state index contributed by atoms with van der Waals surface area (Å²) in [6, 6.07) is 6.59. The predicted molar refractivity (Wildman–Crippen MR) is 98.4 cm³/mol. The van der Waals surface area contributed by atoms with Crippen molar-refractivity contribution in [3.8, 4) is 11.3 Å². The Balaban J connectivity index is 2.20. The lowest BCUT2D eigenvalue weighted by Crippen LogP contribution is -2.40. The molecule has 0 bridgehead atoms. The number of benzene rings is 1. The number of rotatable bonds is 4. The van der Waals surface area contributed by atoms with Gasteiger partial charge in [-0.25, -0.2) is 27.7 Å². The van der Waals surface area contributed by atoms with Crippen molar-refractivity contribution in [2.45, 2.75) is 12.8 Å². The molecule has 0 saturated carbocycles. The molecule has 6 nitrogen and oxygen atoms in total. The van der Waals surface area contributed by atoms with Gasteiger partial charge in [0.1, 0.15) is 17.1 Å². The summed E-state index contributed by atoms with van der Waals surface area (Å²) >= 11 is 0. The van der Waals surface area contributed by atoms with Crippen LogP contribution in [0.1, 0.15) is 23.2 Å². The van der Waals surface area contributed by atoms with Crippen molar-refractivity contribution in [3.05, 3.63) is 71.2 Å². The van der Waals surface area contributed by atoms with Crippen LogP contribution in [-0.2, 0) is 4.74 Å². The molecular weight excluding hydrogens is 387 g/mol. The van der Waals surface area contributed by atoms with Crippen molar-refractivity contribution in [1.29, 1.82) is 0 Å². The van der Waals surface area contributed by atoms with Gasteiger partial charge in [-0.1, -0.05) is 0 Å². The summed E-state index contributed by atoms with van der Waals surface area (Å²) in [7, 11) is 1.18. The summed E-state index contributed by atoms with van der Waals surface area (Å²) in [4.78, 5) is 27.6. The van der Waals surface area contributed by atoms with E-state index in [1.165, 1.54) is 43.5 Å². The van der Waals surface area contributed by atoms with Crippen LogP contribution in [-0.4, -0.2) is 19.1 Å². The van der Waals surface area contributed by atoms with Crippen LogP contribution in [0.4, 0.5) is 23.8 Å². The molecule has 0 aliphatic heterocycles.